The maximum atomic E-state index is 7.20. The zero-order valence-electron chi connectivity index (χ0n) is 6.84. The number of hydrogen-bond donors (Lipinski definition) is 2. The van der Waals surface area contributed by atoms with E-state index in [0.717, 1.165) is 25.9 Å². The van der Waals surface area contributed by atoms with E-state index < -0.39 is 0 Å². The highest BCUT2D eigenvalue weighted by molar-refractivity contribution is 5.74. The largest absolute Gasteiger partial charge is 0.380 e. The maximum absolute atomic E-state index is 7.20. The Bertz CT molecular complexity index is 149. The van der Waals surface area contributed by atoms with E-state index in [-0.39, 0.29) is 12.1 Å². The lowest BCUT2D eigenvalue weighted by molar-refractivity contribution is 0.0530. The molecule has 11 heavy (non-hydrogen) atoms. The maximum Gasteiger partial charge on any atom is 0.188 e. The minimum absolute atomic E-state index is 0.159. The lowest BCUT2D eigenvalue weighted by Crippen LogP contribution is -2.45. The van der Waals surface area contributed by atoms with Crippen LogP contribution >= 0.6 is 0 Å². The van der Waals surface area contributed by atoms with Crippen LogP contribution in [0.2, 0.25) is 0 Å². The Kier molecular flexibility index (Phi) is 2.70. The van der Waals surface area contributed by atoms with Crippen molar-refractivity contribution in [1.29, 1.82) is 5.41 Å². The Labute approximate surface area is 66.8 Å². The van der Waals surface area contributed by atoms with E-state index in [1.165, 1.54) is 0 Å². The summed E-state index contributed by atoms with van der Waals surface area (Å²) in [5, 5.41) is 7.20. The van der Waals surface area contributed by atoms with Gasteiger partial charge in [-0.05, 0) is 12.8 Å². The zero-order valence-corrected chi connectivity index (χ0v) is 6.84. The van der Waals surface area contributed by atoms with Crippen LogP contribution in [0.5, 0.6) is 0 Å². The molecule has 64 valence electrons. The van der Waals surface area contributed by atoms with Crippen LogP contribution in [-0.4, -0.2) is 37.2 Å². The molecule has 1 saturated heterocycles. The fourth-order valence-electron chi connectivity index (χ4n) is 1.35. The van der Waals surface area contributed by atoms with Gasteiger partial charge < -0.3 is 15.4 Å². The van der Waals surface area contributed by atoms with Crippen molar-refractivity contribution in [3.8, 4) is 0 Å². The van der Waals surface area contributed by atoms with Gasteiger partial charge in [0.1, 0.15) is 0 Å². The van der Waals surface area contributed by atoms with E-state index in [0.29, 0.717) is 0 Å². The molecule has 0 aromatic heterocycles. The number of ether oxygens (including phenoxy) is 1. The molecule has 1 unspecified atom stereocenters. The van der Waals surface area contributed by atoms with Crippen molar-refractivity contribution in [3.05, 3.63) is 0 Å². The molecule has 1 atom stereocenters. The van der Waals surface area contributed by atoms with Gasteiger partial charge in [-0.1, -0.05) is 0 Å². The summed E-state index contributed by atoms with van der Waals surface area (Å²) in [5.41, 5.74) is 5.34. The van der Waals surface area contributed by atoms with E-state index in [2.05, 4.69) is 0 Å². The third-order valence-corrected chi connectivity index (χ3v) is 2.05. The van der Waals surface area contributed by atoms with Crippen molar-refractivity contribution in [1.82, 2.24) is 4.90 Å². The number of piperidine rings is 1. The van der Waals surface area contributed by atoms with Crippen molar-refractivity contribution in [2.75, 3.05) is 20.2 Å². The number of methoxy groups -OCH3 is 1. The van der Waals surface area contributed by atoms with Gasteiger partial charge >= 0.3 is 0 Å². The van der Waals surface area contributed by atoms with Gasteiger partial charge in [0, 0.05) is 20.2 Å². The average Bonchev–Trinajstić information content (AvgIpc) is 2.05. The molecular formula is C7H15N3O. The Morgan fingerprint density at radius 2 is 2.45 bits per heavy atom. The topological polar surface area (TPSA) is 62.3 Å². The quantitative estimate of drug-likeness (QED) is 0.415. The molecule has 0 spiro atoms. The van der Waals surface area contributed by atoms with Gasteiger partial charge in [-0.15, -0.1) is 0 Å². The average molecular weight is 157 g/mol. The Hall–Kier alpha value is -0.770. The molecule has 0 amide bonds. The molecule has 0 saturated carbocycles. The summed E-state index contributed by atoms with van der Waals surface area (Å²) < 4.78 is 5.18. The van der Waals surface area contributed by atoms with Crippen LogP contribution in [0.25, 0.3) is 0 Å². The molecule has 1 rings (SSSR count). The lowest BCUT2D eigenvalue weighted by Gasteiger charge is -2.31. The number of nitrogens with one attached hydrogen (secondary N) is 1. The van der Waals surface area contributed by atoms with Crippen LogP contribution in [-0.2, 0) is 4.74 Å². The van der Waals surface area contributed by atoms with E-state index in [1.54, 1.807) is 7.11 Å². The first kappa shape index (κ1) is 8.33. The van der Waals surface area contributed by atoms with Gasteiger partial charge in [0.2, 0.25) is 0 Å². The number of guanidine groups is 1. The molecule has 4 heteroatoms. The monoisotopic (exact) mass is 157 g/mol. The molecule has 3 N–H and O–H groups in total. The second-order valence-electron chi connectivity index (χ2n) is 2.83. The molecule has 1 aliphatic rings. The van der Waals surface area contributed by atoms with Gasteiger partial charge in [-0.25, -0.2) is 0 Å². The summed E-state index contributed by atoms with van der Waals surface area (Å²) in [5.74, 6) is 0.159. The summed E-state index contributed by atoms with van der Waals surface area (Å²) in [6.45, 7) is 1.67. The van der Waals surface area contributed by atoms with E-state index in [9.17, 15) is 0 Å². The van der Waals surface area contributed by atoms with Crippen molar-refractivity contribution >= 4 is 5.96 Å². The number of nitrogens with two attached hydrogens (primary N) is 1. The second-order valence-corrected chi connectivity index (χ2v) is 2.83. The lowest BCUT2D eigenvalue weighted by atomic mass is 10.1. The molecule has 1 fully saturated rings. The molecule has 0 aromatic carbocycles. The van der Waals surface area contributed by atoms with E-state index in [4.69, 9.17) is 15.9 Å². The third-order valence-electron chi connectivity index (χ3n) is 2.05. The van der Waals surface area contributed by atoms with Gasteiger partial charge in [-0.3, -0.25) is 5.41 Å². The standard InChI is InChI=1S/C7H15N3O/c1-11-6-3-2-4-10(5-6)7(8)9/h6H,2-5H2,1H3,(H3,8,9). The molecule has 0 radical (unpaired) electrons. The number of rotatable bonds is 1. The first-order valence-electron chi connectivity index (χ1n) is 3.86. The molecule has 0 aromatic rings. The predicted molar refractivity (Wildman–Crippen MR) is 43.5 cm³/mol. The van der Waals surface area contributed by atoms with Crippen molar-refractivity contribution in [2.45, 2.75) is 18.9 Å². The predicted octanol–water partition coefficient (Wildman–Crippen LogP) is -0.00933. The molecule has 1 aliphatic heterocycles. The SMILES string of the molecule is COC1CCCN(C(=N)N)C1. The van der Waals surface area contributed by atoms with Gasteiger partial charge in [0.15, 0.2) is 5.96 Å². The Morgan fingerprint density at radius 1 is 1.73 bits per heavy atom. The van der Waals surface area contributed by atoms with Gasteiger partial charge in [-0.2, -0.15) is 0 Å². The summed E-state index contributed by atoms with van der Waals surface area (Å²) >= 11 is 0. The fraction of sp³-hybridized carbons (Fsp3) is 0.857. The zero-order chi connectivity index (χ0) is 8.27. The van der Waals surface area contributed by atoms with Crippen molar-refractivity contribution in [3.63, 3.8) is 0 Å². The molecule has 4 nitrogen and oxygen atoms in total. The molecular weight excluding hydrogens is 142 g/mol. The Morgan fingerprint density at radius 3 is 3.00 bits per heavy atom. The van der Waals surface area contributed by atoms with Crippen LogP contribution in [0.4, 0.5) is 0 Å². The minimum atomic E-state index is 0.159. The van der Waals surface area contributed by atoms with E-state index in [1.807, 2.05) is 4.90 Å². The number of nitrogens with zero attached hydrogens (tertiary/aromatic N) is 1. The third kappa shape index (κ3) is 2.08. The molecule has 1 heterocycles. The summed E-state index contributed by atoms with van der Waals surface area (Å²) in [7, 11) is 1.70. The van der Waals surface area contributed by atoms with E-state index >= 15 is 0 Å². The fourth-order valence-corrected chi connectivity index (χ4v) is 1.35. The first-order chi connectivity index (χ1) is 5.24. The highest BCUT2D eigenvalue weighted by Crippen LogP contribution is 2.11. The van der Waals surface area contributed by atoms with Crippen LogP contribution in [0.3, 0.4) is 0 Å². The Balaban J connectivity index is 2.39. The van der Waals surface area contributed by atoms with Gasteiger partial charge in [0.05, 0.1) is 6.10 Å². The molecule has 0 aliphatic carbocycles. The smallest absolute Gasteiger partial charge is 0.188 e. The summed E-state index contributed by atoms with van der Waals surface area (Å²) in [6.07, 6.45) is 2.41. The summed E-state index contributed by atoms with van der Waals surface area (Å²) in [6, 6.07) is 0. The molecule has 0 bridgehead atoms. The normalized spacial score (nSPS) is 25.2. The highest BCUT2D eigenvalue weighted by Gasteiger charge is 2.19. The first-order valence-corrected chi connectivity index (χ1v) is 3.86. The van der Waals surface area contributed by atoms with Crippen LogP contribution in [0.1, 0.15) is 12.8 Å². The summed E-state index contributed by atoms with van der Waals surface area (Å²) in [4.78, 5) is 1.84. The van der Waals surface area contributed by atoms with Crippen molar-refractivity contribution in [2.24, 2.45) is 5.73 Å². The highest BCUT2D eigenvalue weighted by atomic mass is 16.5. The number of hydrogen-bond acceptors (Lipinski definition) is 2. The van der Waals surface area contributed by atoms with Crippen LogP contribution < -0.4 is 5.73 Å². The minimum Gasteiger partial charge on any atom is -0.380 e. The number of likely N-dealkylation sites (tertiary alicyclic amines) is 1. The van der Waals surface area contributed by atoms with Crippen LogP contribution in [0.15, 0.2) is 0 Å². The second kappa shape index (κ2) is 3.57. The van der Waals surface area contributed by atoms with Crippen LogP contribution in [0, 0.1) is 5.41 Å². The van der Waals surface area contributed by atoms with Crippen molar-refractivity contribution < 1.29 is 4.74 Å². The van der Waals surface area contributed by atoms with Gasteiger partial charge in [0.25, 0.3) is 0 Å².